The molecular weight excluding hydrogens is 341 g/mol. The fourth-order valence-electron chi connectivity index (χ4n) is 4.52. The van der Waals surface area contributed by atoms with Crippen molar-refractivity contribution in [2.45, 2.75) is 62.8 Å². The summed E-state index contributed by atoms with van der Waals surface area (Å²) in [7, 11) is 1.82. The lowest BCUT2D eigenvalue weighted by Gasteiger charge is -2.43. The van der Waals surface area contributed by atoms with Crippen LogP contribution in [0.4, 0.5) is 4.39 Å². The van der Waals surface area contributed by atoms with Crippen LogP contribution in [0.5, 0.6) is 0 Å². The molecule has 138 valence electrons. The Hall–Kier alpha value is -0.680. The molecule has 0 radical (unpaired) electrons. The number of benzene rings is 1. The van der Waals surface area contributed by atoms with Gasteiger partial charge in [-0.25, -0.2) is 4.39 Å². The Bertz CT molecular complexity index is 624. The van der Waals surface area contributed by atoms with Crippen LogP contribution in [0.1, 0.15) is 44.1 Å². The summed E-state index contributed by atoms with van der Waals surface area (Å²) in [6.45, 7) is 2.45. The van der Waals surface area contributed by atoms with Crippen molar-refractivity contribution in [3.05, 3.63) is 34.6 Å². The number of fused-ring (bicyclic) bond motifs is 1. The molecule has 1 aromatic rings. The SMILES string of the molecule is CO[C@@]12CC[C@H](OCC3CC3)C[C@@H]1N(Cc1ccc(Cl)cc1F)CC2. The highest BCUT2D eigenvalue weighted by atomic mass is 35.5. The molecule has 3 atom stereocenters. The number of ether oxygens (including phenoxy) is 2. The van der Waals surface area contributed by atoms with E-state index in [0.717, 1.165) is 44.8 Å². The predicted molar refractivity (Wildman–Crippen MR) is 96.3 cm³/mol. The fourth-order valence-corrected chi connectivity index (χ4v) is 4.68. The zero-order chi connectivity index (χ0) is 17.4. The third-order valence-corrected chi connectivity index (χ3v) is 6.54. The Labute approximate surface area is 154 Å². The van der Waals surface area contributed by atoms with E-state index in [0.29, 0.717) is 29.3 Å². The predicted octanol–water partition coefficient (Wildman–Crippen LogP) is 4.42. The van der Waals surface area contributed by atoms with E-state index >= 15 is 0 Å². The van der Waals surface area contributed by atoms with Gasteiger partial charge in [0.05, 0.1) is 11.7 Å². The van der Waals surface area contributed by atoms with Crippen LogP contribution in [0.2, 0.25) is 5.02 Å². The number of hydrogen-bond acceptors (Lipinski definition) is 3. The molecule has 1 heterocycles. The highest BCUT2D eigenvalue weighted by molar-refractivity contribution is 6.30. The van der Waals surface area contributed by atoms with Crippen LogP contribution in [0, 0.1) is 11.7 Å². The molecule has 3 aliphatic rings. The van der Waals surface area contributed by atoms with Crippen molar-refractivity contribution in [1.82, 2.24) is 4.90 Å². The Morgan fingerprint density at radius 3 is 2.84 bits per heavy atom. The van der Waals surface area contributed by atoms with Crippen LogP contribution in [-0.4, -0.2) is 42.9 Å². The van der Waals surface area contributed by atoms with Gasteiger partial charge in [0.15, 0.2) is 0 Å². The summed E-state index contributed by atoms with van der Waals surface area (Å²) in [4.78, 5) is 2.38. The average molecular weight is 368 g/mol. The highest BCUT2D eigenvalue weighted by Crippen LogP contribution is 2.44. The summed E-state index contributed by atoms with van der Waals surface area (Å²) in [6.07, 6.45) is 7.04. The molecule has 2 saturated carbocycles. The lowest BCUT2D eigenvalue weighted by atomic mass is 9.79. The van der Waals surface area contributed by atoms with Crippen LogP contribution in [-0.2, 0) is 16.0 Å². The minimum absolute atomic E-state index is 0.0949. The van der Waals surface area contributed by atoms with Crippen molar-refractivity contribution >= 4 is 11.6 Å². The maximum Gasteiger partial charge on any atom is 0.129 e. The summed E-state index contributed by atoms with van der Waals surface area (Å²) < 4.78 is 26.4. The van der Waals surface area contributed by atoms with E-state index in [9.17, 15) is 4.39 Å². The highest BCUT2D eigenvalue weighted by Gasteiger charge is 2.51. The van der Waals surface area contributed by atoms with Crippen molar-refractivity contribution in [2.75, 3.05) is 20.3 Å². The van der Waals surface area contributed by atoms with E-state index in [1.807, 2.05) is 7.11 Å². The number of rotatable bonds is 6. The summed E-state index contributed by atoms with van der Waals surface area (Å²) in [5, 5.41) is 0.445. The van der Waals surface area contributed by atoms with Crippen LogP contribution in [0.25, 0.3) is 0 Å². The Morgan fingerprint density at radius 2 is 2.12 bits per heavy atom. The number of methoxy groups -OCH3 is 1. The molecule has 2 aliphatic carbocycles. The number of nitrogens with zero attached hydrogens (tertiary/aromatic N) is 1. The second-order valence-corrected chi connectivity index (χ2v) is 8.35. The molecule has 0 unspecified atom stereocenters. The summed E-state index contributed by atoms with van der Waals surface area (Å²) >= 11 is 5.88. The van der Waals surface area contributed by atoms with Gasteiger partial charge in [-0.2, -0.15) is 0 Å². The second kappa shape index (κ2) is 7.15. The quantitative estimate of drug-likeness (QED) is 0.743. The minimum atomic E-state index is -0.222. The van der Waals surface area contributed by atoms with Gasteiger partial charge in [-0.05, 0) is 56.6 Å². The monoisotopic (exact) mass is 367 g/mol. The van der Waals surface area contributed by atoms with Gasteiger partial charge in [0.1, 0.15) is 5.82 Å². The van der Waals surface area contributed by atoms with Crippen molar-refractivity contribution < 1.29 is 13.9 Å². The molecule has 0 spiro atoms. The van der Waals surface area contributed by atoms with Gasteiger partial charge in [-0.3, -0.25) is 4.90 Å². The zero-order valence-electron chi connectivity index (χ0n) is 14.8. The van der Waals surface area contributed by atoms with Gasteiger partial charge >= 0.3 is 0 Å². The molecule has 0 amide bonds. The molecule has 4 rings (SSSR count). The van der Waals surface area contributed by atoms with Crippen molar-refractivity contribution in [3.63, 3.8) is 0 Å². The first kappa shape index (κ1) is 17.7. The van der Waals surface area contributed by atoms with E-state index in [1.165, 1.54) is 18.9 Å². The van der Waals surface area contributed by atoms with Gasteiger partial charge in [0.25, 0.3) is 0 Å². The first-order chi connectivity index (χ1) is 12.1. The first-order valence-corrected chi connectivity index (χ1v) is 9.82. The number of hydrogen-bond donors (Lipinski definition) is 0. The fraction of sp³-hybridized carbons (Fsp3) is 0.700. The van der Waals surface area contributed by atoms with Crippen molar-refractivity contribution in [2.24, 2.45) is 5.92 Å². The van der Waals surface area contributed by atoms with Crippen LogP contribution in [0.3, 0.4) is 0 Å². The van der Waals surface area contributed by atoms with Crippen LogP contribution >= 0.6 is 11.6 Å². The summed E-state index contributed by atoms with van der Waals surface area (Å²) in [5.41, 5.74) is 0.611. The topological polar surface area (TPSA) is 21.7 Å². The molecule has 0 N–H and O–H groups in total. The average Bonchev–Trinajstić information content (AvgIpc) is 3.37. The molecular formula is C20H27ClFNO2. The Morgan fingerprint density at radius 1 is 1.28 bits per heavy atom. The van der Waals surface area contributed by atoms with Gasteiger partial charge < -0.3 is 9.47 Å². The van der Waals surface area contributed by atoms with E-state index in [1.54, 1.807) is 12.1 Å². The second-order valence-electron chi connectivity index (χ2n) is 7.91. The van der Waals surface area contributed by atoms with E-state index in [4.69, 9.17) is 21.1 Å². The van der Waals surface area contributed by atoms with Gasteiger partial charge in [-0.15, -0.1) is 0 Å². The normalized spacial score (nSPS) is 32.8. The molecule has 0 bridgehead atoms. The molecule has 1 aliphatic heterocycles. The molecule has 25 heavy (non-hydrogen) atoms. The first-order valence-electron chi connectivity index (χ1n) is 9.44. The van der Waals surface area contributed by atoms with Gasteiger partial charge in [-0.1, -0.05) is 17.7 Å². The lowest BCUT2D eigenvalue weighted by Crippen LogP contribution is -2.51. The van der Waals surface area contributed by atoms with Crippen molar-refractivity contribution in [3.8, 4) is 0 Å². The van der Waals surface area contributed by atoms with Crippen LogP contribution < -0.4 is 0 Å². The van der Waals surface area contributed by atoms with E-state index in [-0.39, 0.29) is 11.4 Å². The van der Waals surface area contributed by atoms with Crippen LogP contribution in [0.15, 0.2) is 18.2 Å². The molecule has 1 saturated heterocycles. The summed E-state index contributed by atoms with van der Waals surface area (Å²) in [5.74, 6) is 0.566. The van der Waals surface area contributed by atoms with E-state index < -0.39 is 0 Å². The van der Waals surface area contributed by atoms with Gasteiger partial charge in [0, 0.05) is 43.4 Å². The minimum Gasteiger partial charge on any atom is -0.378 e. The molecule has 3 fully saturated rings. The molecule has 5 heteroatoms. The maximum absolute atomic E-state index is 14.2. The molecule has 0 aromatic heterocycles. The number of likely N-dealkylation sites (tertiary alicyclic amines) is 1. The van der Waals surface area contributed by atoms with E-state index in [2.05, 4.69) is 4.90 Å². The largest absolute Gasteiger partial charge is 0.378 e. The Kier molecular flexibility index (Phi) is 5.07. The van der Waals surface area contributed by atoms with Gasteiger partial charge in [0.2, 0.25) is 0 Å². The third-order valence-electron chi connectivity index (χ3n) is 6.31. The maximum atomic E-state index is 14.2. The molecule has 1 aromatic carbocycles. The molecule has 3 nitrogen and oxygen atoms in total. The summed E-state index contributed by atoms with van der Waals surface area (Å²) in [6, 6.07) is 5.26. The standard InChI is InChI=1S/C20H27ClFNO2/c1-24-20-7-6-17(25-13-14-2-3-14)11-19(20)23(9-8-20)12-15-4-5-16(21)10-18(15)22/h4-5,10,14,17,19H,2-3,6-9,11-13H2,1H3/t17-,19-,20+/m0/s1. The number of halogens is 2. The lowest BCUT2D eigenvalue weighted by molar-refractivity contribution is -0.103. The smallest absolute Gasteiger partial charge is 0.129 e. The van der Waals surface area contributed by atoms with Crippen molar-refractivity contribution in [1.29, 1.82) is 0 Å². The Balaban J connectivity index is 1.46. The third kappa shape index (κ3) is 3.73. The zero-order valence-corrected chi connectivity index (χ0v) is 15.6.